The van der Waals surface area contributed by atoms with E-state index in [-0.39, 0.29) is 16.8 Å². The molecule has 164 valence electrons. The number of aromatic nitrogens is 2. The van der Waals surface area contributed by atoms with Crippen molar-refractivity contribution in [2.24, 2.45) is 5.41 Å². The highest BCUT2D eigenvalue weighted by molar-refractivity contribution is 7.99. The monoisotopic (exact) mass is 477 g/mol. The van der Waals surface area contributed by atoms with Gasteiger partial charge in [-0.25, -0.2) is 4.98 Å². The van der Waals surface area contributed by atoms with E-state index >= 15 is 0 Å². The second kappa shape index (κ2) is 8.30. The number of nitrogens with zero attached hydrogens (tertiary/aromatic N) is 1. The summed E-state index contributed by atoms with van der Waals surface area (Å²) >= 11 is 14.4. The van der Waals surface area contributed by atoms with Crippen molar-refractivity contribution in [1.29, 1.82) is 0 Å². The van der Waals surface area contributed by atoms with Gasteiger partial charge in [0.2, 0.25) is 0 Å². The summed E-state index contributed by atoms with van der Waals surface area (Å²) in [6.07, 6.45) is 2.05. The molecule has 31 heavy (non-hydrogen) atoms. The number of aromatic amines is 1. The van der Waals surface area contributed by atoms with Gasteiger partial charge >= 0.3 is 0 Å². The molecule has 0 amide bonds. The van der Waals surface area contributed by atoms with E-state index < -0.39 is 5.92 Å². The molecule has 2 unspecified atom stereocenters. The number of rotatable bonds is 4. The zero-order valence-corrected chi connectivity index (χ0v) is 20.3. The van der Waals surface area contributed by atoms with Crippen LogP contribution in [0.3, 0.4) is 0 Å². The molecule has 8 heteroatoms. The molecule has 2 aromatic rings. The van der Waals surface area contributed by atoms with E-state index in [1.807, 2.05) is 6.07 Å². The van der Waals surface area contributed by atoms with Crippen molar-refractivity contribution < 1.29 is 4.79 Å². The number of fused-ring (bicyclic) bond motifs is 1. The average Bonchev–Trinajstić information content (AvgIpc) is 2.67. The van der Waals surface area contributed by atoms with Gasteiger partial charge in [-0.05, 0) is 29.9 Å². The Kier molecular flexibility index (Phi) is 6.01. The van der Waals surface area contributed by atoms with Gasteiger partial charge in [-0.2, -0.15) is 0 Å². The van der Waals surface area contributed by atoms with Gasteiger partial charge in [0.1, 0.15) is 5.82 Å². The second-order valence-electron chi connectivity index (χ2n) is 9.00. The van der Waals surface area contributed by atoms with E-state index in [2.05, 4.69) is 38.0 Å². The van der Waals surface area contributed by atoms with E-state index in [4.69, 9.17) is 28.2 Å². The van der Waals surface area contributed by atoms with Crippen molar-refractivity contribution in [2.45, 2.75) is 63.3 Å². The molecule has 1 aromatic carbocycles. The van der Waals surface area contributed by atoms with E-state index in [1.165, 1.54) is 11.8 Å². The van der Waals surface area contributed by atoms with Crippen LogP contribution >= 0.6 is 35.0 Å². The number of hydrogen-bond donors (Lipinski definition) is 2. The van der Waals surface area contributed by atoms with E-state index in [9.17, 15) is 9.59 Å². The Morgan fingerprint density at radius 3 is 2.71 bits per heavy atom. The highest BCUT2D eigenvalue weighted by Gasteiger charge is 2.43. The molecule has 0 bridgehead atoms. The van der Waals surface area contributed by atoms with Crippen LogP contribution < -0.4 is 10.9 Å². The lowest BCUT2D eigenvalue weighted by atomic mass is 9.69. The van der Waals surface area contributed by atoms with Gasteiger partial charge in [0.05, 0.1) is 15.6 Å². The first-order valence-electron chi connectivity index (χ1n) is 10.4. The largest absolute Gasteiger partial charge is 0.343 e. The minimum absolute atomic E-state index is 0.0166. The predicted octanol–water partition coefficient (Wildman–Crippen LogP) is 6.17. The Bertz CT molecular complexity index is 1160. The first-order valence-corrected chi connectivity index (χ1v) is 12.0. The first-order chi connectivity index (χ1) is 14.6. The Morgan fingerprint density at radius 2 is 2.00 bits per heavy atom. The molecule has 2 N–H and O–H groups in total. The van der Waals surface area contributed by atoms with Crippen molar-refractivity contribution in [2.75, 3.05) is 5.32 Å². The normalized spacial score (nSPS) is 20.7. The third-order valence-corrected chi connectivity index (χ3v) is 7.87. The molecule has 0 radical (unpaired) electrons. The summed E-state index contributed by atoms with van der Waals surface area (Å²) in [5, 5.41) is 4.94. The van der Waals surface area contributed by atoms with Gasteiger partial charge in [0, 0.05) is 28.9 Å². The van der Waals surface area contributed by atoms with E-state index in [0.29, 0.717) is 55.8 Å². The van der Waals surface area contributed by atoms with Crippen molar-refractivity contribution in [3.05, 3.63) is 61.0 Å². The number of ketones is 1. The number of benzene rings is 1. The number of carbonyl (C=O) groups is 1. The number of hydrogen-bond acceptors (Lipinski definition) is 5. The van der Waals surface area contributed by atoms with Gasteiger partial charge in [-0.3, -0.25) is 9.59 Å². The molecule has 1 aromatic heterocycles. The maximum Gasteiger partial charge on any atom is 0.257 e. The maximum atomic E-state index is 13.3. The van der Waals surface area contributed by atoms with Crippen LogP contribution in [-0.2, 0) is 4.79 Å². The van der Waals surface area contributed by atoms with Crippen LogP contribution in [0.4, 0.5) is 5.82 Å². The Hall–Kier alpha value is -1.76. The molecular weight excluding hydrogens is 453 g/mol. The molecule has 0 spiro atoms. The minimum Gasteiger partial charge on any atom is -0.343 e. The van der Waals surface area contributed by atoms with Crippen molar-refractivity contribution in [3.8, 4) is 0 Å². The van der Waals surface area contributed by atoms with Crippen LogP contribution in [0.15, 0.2) is 39.4 Å². The zero-order valence-electron chi connectivity index (χ0n) is 17.9. The molecule has 2 atom stereocenters. The molecule has 1 aliphatic carbocycles. The standard InChI is InChI=1S/C23H25Cl2N3O2S/c1-5-11(2)31-22-27-20-18(21(30)28-22)16(12-7-6-8-13(24)19(12)25)17-14(26-20)9-23(3,4)10-15(17)29/h6-8,11,16H,5,9-10H2,1-4H3,(H2,26,27,28,30). The van der Waals surface area contributed by atoms with Gasteiger partial charge in [-0.15, -0.1) is 0 Å². The predicted molar refractivity (Wildman–Crippen MR) is 127 cm³/mol. The quantitative estimate of drug-likeness (QED) is 0.406. The topological polar surface area (TPSA) is 74.8 Å². The molecule has 0 saturated carbocycles. The fourth-order valence-corrected chi connectivity index (χ4v) is 5.54. The number of Topliss-reactive ketones (excluding diaryl/α,β-unsaturated/α-hetero) is 1. The molecule has 0 saturated heterocycles. The van der Waals surface area contributed by atoms with E-state index in [0.717, 1.165) is 12.1 Å². The SMILES string of the molecule is CCC(C)Sc1nc2c(c(=O)[nH]1)C(c1cccc(Cl)c1Cl)C1=C(CC(C)(C)CC1=O)N2. The molecule has 2 aliphatic rings. The summed E-state index contributed by atoms with van der Waals surface area (Å²) < 4.78 is 0. The zero-order chi connectivity index (χ0) is 22.5. The fraction of sp³-hybridized carbons (Fsp3) is 0.435. The number of nitrogens with one attached hydrogen (secondary N) is 2. The maximum absolute atomic E-state index is 13.3. The smallest absolute Gasteiger partial charge is 0.257 e. The molecule has 4 rings (SSSR count). The Balaban J connectivity index is 1.95. The highest BCUT2D eigenvalue weighted by Crippen LogP contribution is 2.49. The molecule has 1 aliphatic heterocycles. The third kappa shape index (κ3) is 4.18. The van der Waals surface area contributed by atoms with Crippen LogP contribution in [0.1, 0.15) is 64.0 Å². The van der Waals surface area contributed by atoms with Crippen LogP contribution in [0, 0.1) is 5.41 Å². The number of anilines is 1. The second-order valence-corrected chi connectivity index (χ2v) is 11.2. The lowest BCUT2D eigenvalue weighted by molar-refractivity contribution is -0.118. The number of thioether (sulfide) groups is 1. The summed E-state index contributed by atoms with van der Waals surface area (Å²) in [7, 11) is 0. The number of carbonyl (C=O) groups excluding carboxylic acids is 1. The molecular formula is C23H25Cl2N3O2S. The number of allylic oxidation sites excluding steroid dienone is 2. The summed E-state index contributed by atoms with van der Waals surface area (Å²) in [5.41, 5.74) is 2.00. The van der Waals surface area contributed by atoms with Crippen LogP contribution in [0.25, 0.3) is 0 Å². The summed E-state index contributed by atoms with van der Waals surface area (Å²) in [4.78, 5) is 34.2. The van der Waals surface area contributed by atoms with Crippen molar-refractivity contribution in [1.82, 2.24) is 9.97 Å². The van der Waals surface area contributed by atoms with Crippen LogP contribution in [0.2, 0.25) is 10.0 Å². The van der Waals surface area contributed by atoms with Gasteiger partial charge in [0.15, 0.2) is 10.9 Å². The van der Waals surface area contributed by atoms with Crippen LogP contribution in [-0.4, -0.2) is 21.0 Å². The summed E-state index contributed by atoms with van der Waals surface area (Å²) in [6, 6.07) is 5.31. The number of halogens is 2. The van der Waals surface area contributed by atoms with E-state index in [1.54, 1.807) is 12.1 Å². The summed E-state index contributed by atoms with van der Waals surface area (Å²) in [6.45, 7) is 8.33. The molecule has 5 nitrogen and oxygen atoms in total. The summed E-state index contributed by atoms with van der Waals surface area (Å²) in [5.74, 6) is -0.109. The third-order valence-electron chi connectivity index (χ3n) is 5.88. The van der Waals surface area contributed by atoms with Gasteiger partial charge in [0.25, 0.3) is 5.56 Å². The first kappa shape index (κ1) is 22.4. The minimum atomic E-state index is -0.611. The fourth-order valence-electron chi connectivity index (χ4n) is 4.28. The van der Waals surface area contributed by atoms with Crippen molar-refractivity contribution in [3.63, 3.8) is 0 Å². The highest BCUT2D eigenvalue weighted by atomic mass is 35.5. The molecule has 0 fully saturated rings. The molecule has 2 heterocycles. The van der Waals surface area contributed by atoms with Gasteiger partial charge < -0.3 is 10.3 Å². The number of H-pyrrole nitrogens is 1. The Morgan fingerprint density at radius 1 is 1.26 bits per heavy atom. The van der Waals surface area contributed by atoms with Crippen molar-refractivity contribution >= 4 is 46.6 Å². The average molecular weight is 478 g/mol. The lowest BCUT2D eigenvalue weighted by Gasteiger charge is -2.38. The van der Waals surface area contributed by atoms with Gasteiger partial charge in [-0.1, -0.05) is 74.8 Å². The lowest BCUT2D eigenvalue weighted by Crippen LogP contribution is -2.37. The van der Waals surface area contributed by atoms with Crippen LogP contribution in [0.5, 0.6) is 0 Å². The Labute approximate surface area is 196 Å².